The van der Waals surface area contributed by atoms with Crippen LogP contribution in [0.5, 0.6) is 11.5 Å². The van der Waals surface area contributed by atoms with E-state index in [2.05, 4.69) is 10.3 Å². The number of carbonyl (C=O) groups is 1. The Labute approximate surface area is 188 Å². The number of benzene rings is 1. The average Bonchev–Trinajstić information content (AvgIpc) is 2.76. The predicted octanol–water partition coefficient (Wildman–Crippen LogP) is 3.36. The van der Waals surface area contributed by atoms with Crippen LogP contribution in [0.2, 0.25) is 0 Å². The Morgan fingerprint density at radius 1 is 0.969 bits per heavy atom. The summed E-state index contributed by atoms with van der Waals surface area (Å²) in [5.74, 6) is 0.922. The normalized spacial score (nSPS) is 10.7. The molecule has 168 valence electrons. The summed E-state index contributed by atoms with van der Waals surface area (Å²) in [6.07, 6.45) is 2.34. The maximum absolute atomic E-state index is 13.0. The Kier molecular flexibility index (Phi) is 7.30. The van der Waals surface area contributed by atoms with Gasteiger partial charge in [0, 0.05) is 30.7 Å². The Bertz CT molecular complexity index is 1160. The maximum atomic E-state index is 13.0. The lowest BCUT2D eigenvalue weighted by Gasteiger charge is -2.13. The first-order chi connectivity index (χ1) is 15.3. The molecule has 0 aliphatic rings. The third kappa shape index (κ3) is 5.35. The molecule has 0 fully saturated rings. The van der Waals surface area contributed by atoms with Crippen LogP contribution in [0.25, 0.3) is 0 Å². The van der Waals surface area contributed by atoms with Gasteiger partial charge in [0.2, 0.25) is 0 Å². The number of nitrogens with one attached hydrogen (secondary N) is 1. The second-order valence-corrected chi connectivity index (χ2v) is 7.75. The number of ether oxygens (including phenoxy) is 2. The molecule has 1 aromatic carbocycles. The molecule has 3 aromatic rings. The lowest BCUT2D eigenvalue weighted by molar-refractivity contribution is 0.0948. The number of hydrogen-bond donors (Lipinski definition) is 1. The molecule has 0 unspecified atom stereocenters. The summed E-state index contributed by atoms with van der Waals surface area (Å²) in [4.78, 5) is 30.2. The Morgan fingerprint density at radius 2 is 1.66 bits per heavy atom. The highest BCUT2D eigenvalue weighted by molar-refractivity contribution is 5.95. The van der Waals surface area contributed by atoms with Crippen LogP contribution >= 0.6 is 0 Å². The van der Waals surface area contributed by atoms with E-state index in [-0.39, 0.29) is 17.0 Å². The zero-order valence-electron chi connectivity index (χ0n) is 19.2. The first-order valence-electron chi connectivity index (χ1n) is 10.5. The van der Waals surface area contributed by atoms with Crippen molar-refractivity contribution in [1.82, 2.24) is 14.9 Å². The second kappa shape index (κ2) is 10.1. The third-order valence-corrected chi connectivity index (χ3v) is 5.28. The average molecular weight is 436 g/mol. The minimum Gasteiger partial charge on any atom is -0.493 e. The zero-order valence-corrected chi connectivity index (χ0v) is 19.2. The van der Waals surface area contributed by atoms with Gasteiger partial charge in [0.25, 0.3) is 11.5 Å². The van der Waals surface area contributed by atoms with Crippen LogP contribution < -0.4 is 20.3 Å². The van der Waals surface area contributed by atoms with Crippen LogP contribution in [0.3, 0.4) is 0 Å². The Balaban J connectivity index is 1.75. The van der Waals surface area contributed by atoms with Crippen LogP contribution in [-0.2, 0) is 19.5 Å². The van der Waals surface area contributed by atoms with E-state index in [9.17, 15) is 9.59 Å². The van der Waals surface area contributed by atoms with Crippen molar-refractivity contribution in [2.45, 2.75) is 40.3 Å². The number of amides is 1. The summed E-state index contributed by atoms with van der Waals surface area (Å²) in [6, 6.07) is 11.3. The first kappa shape index (κ1) is 23.1. The van der Waals surface area contributed by atoms with Gasteiger partial charge in [-0.1, -0.05) is 6.07 Å². The first-order valence-corrected chi connectivity index (χ1v) is 10.5. The van der Waals surface area contributed by atoms with Gasteiger partial charge in [-0.2, -0.15) is 0 Å². The predicted molar refractivity (Wildman–Crippen MR) is 124 cm³/mol. The minimum atomic E-state index is -0.375. The van der Waals surface area contributed by atoms with Crippen molar-refractivity contribution in [3.05, 3.63) is 86.6 Å². The van der Waals surface area contributed by atoms with Gasteiger partial charge in [0.15, 0.2) is 11.5 Å². The van der Waals surface area contributed by atoms with E-state index < -0.39 is 0 Å². The molecule has 7 heteroatoms. The minimum absolute atomic E-state index is 0.169. The SMILES string of the molecule is COc1ccc(CCn2ccc(C)c(C(=O)NCc3cc(C)nc(C)c3)c2=O)cc1OC. The van der Waals surface area contributed by atoms with Crippen LogP contribution in [0.1, 0.15) is 38.4 Å². The lowest BCUT2D eigenvalue weighted by Crippen LogP contribution is -2.34. The van der Waals surface area contributed by atoms with Gasteiger partial charge >= 0.3 is 0 Å². The van der Waals surface area contributed by atoms with E-state index in [1.165, 1.54) is 0 Å². The molecule has 1 N–H and O–H groups in total. The monoisotopic (exact) mass is 435 g/mol. The third-order valence-electron chi connectivity index (χ3n) is 5.28. The van der Waals surface area contributed by atoms with Crippen molar-refractivity contribution in [2.24, 2.45) is 0 Å². The van der Waals surface area contributed by atoms with Crippen molar-refractivity contribution in [3.8, 4) is 11.5 Å². The van der Waals surface area contributed by atoms with E-state index in [1.54, 1.807) is 38.0 Å². The molecule has 0 aliphatic carbocycles. The molecule has 3 rings (SSSR count). The van der Waals surface area contributed by atoms with Crippen LogP contribution in [0, 0.1) is 20.8 Å². The number of methoxy groups -OCH3 is 2. The number of aryl methyl sites for hydroxylation is 5. The van der Waals surface area contributed by atoms with E-state index in [4.69, 9.17) is 9.47 Å². The fourth-order valence-electron chi connectivity index (χ4n) is 3.70. The summed E-state index contributed by atoms with van der Waals surface area (Å²) in [5.41, 5.74) is 4.25. The summed E-state index contributed by atoms with van der Waals surface area (Å²) < 4.78 is 12.2. The summed E-state index contributed by atoms with van der Waals surface area (Å²) in [6.45, 7) is 6.38. The second-order valence-electron chi connectivity index (χ2n) is 7.75. The molecule has 0 saturated heterocycles. The molecule has 0 aliphatic heterocycles. The summed E-state index contributed by atoms with van der Waals surface area (Å²) in [7, 11) is 3.18. The Morgan fingerprint density at radius 3 is 2.31 bits per heavy atom. The molecule has 0 spiro atoms. The van der Waals surface area contributed by atoms with Crippen molar-refractivity contribution in [3.63, 3.8) is 0 Å². The number of rotatable bonds is 8. The fourth-order valence-corrected chi connectivity index (χ4v) is 3.70. The van der Waals surface area contributed by atoms with Gasteiger partial charge in [0.1, 0.15) is 5.56 Å². The van der Waals surface area contributed by atoms with Crippen LogP contribution in [-0.4, -0.2) is 29.7 Å². The van der Waals surface area contributed by atoms with Crippen LogP contribution in [0.15, 0.2) is 47.4 Å². The summed E-state index contributed by atoms with van der Waals surface area (Å²) in [5, 5.41) is 2.87. The van der Waals surface area contributed by atoms with E-state index in [1.807, 2.05) is 44.2 Å². The molecular weight excluding hydrogens is 406 g/mol. The van der Waals surface area contributed by atoms with Gasteiger partial charge < -0.3 is 19.4 Å². The molecule has 2 heterocycles. The van der Waals surface area contributed by atoms with E-state index in [0.717, 1.165) is 22.5 Å². The van der Waals surface area contributed by atoms with Gasteiger partial charge in [-0.3, -0.25) is 14.6 Å². The smallest absolute Gasteiger partial charge is 0.263 e. The van der Waals surface area contributed by atoms with Gasteiger partial charge in [-0.15, -0.1) is 0 Å². The highest BCUT2D eigenvalue weighted by atomic mass is 16.5. The number of aromatic nitrogens is 2. The summed E-state index contributed by atoms with van der Waals surface area (Å²) >= 11 is 0. The van der Waals surface area contributed by atoms with Gasteiger partial charge in [-0.05, 0) is 74.2 Å². The quantitative estimate of drug-likeness (QED) is 0.587. The highest BCUT2D eigenvalue weighted by Crippen LogP contribution is 2.27. The number of pyridine rings is 2. The van der Waals surface area contributed by atoms with E-state index >= 15 is 0 Å². The number of nitrogens with zero attached hydrogens (tertiary/aromatic N) is 2. The zero-order chi connectivity index (χ0) is 23.3. The Hall–Kier alpha value is -3.61. The molecule has 32 heavy (non-hydrogen) atoms. The molecule has 7 nitrogen and oxygen atoms in total. The topological polar surface area (TPSA) is 82.5 Å². The van der Waals surface area contributed by atoms with Crippen molar-refractivity contribution < 1.29 is 14.3 Å². The number of hydrogen-bond acceptors (Lipinski definition) is 5. The molecule has 0 bridgehead atoms. The molecule has 0 atom stereocenters. The van der Waals surface area contributed by atoms with Crippen LogP contribution in [0.4, 0.5) is 0 Å². The molecule has 1 amide bonds. The van der Waals surface area contributed by atoms with E-state index in [0.29, 0.717) is 36.6 Å². The van der Waals surface area contributed by atoms with Crippen molar-refractivity contribution in [1.29, 1.82) is 0 Å². The van der Waals surface area contributed by atoms with Gasteiger partial charge in [0.05, 0.1) is 14.2 Å². The van der Waals surface area contributed by atoms with Crippen molar-refractivity contribution in [2.75, 3.05) is 14.2 Å². The highest BCUT2D eigenvalue weighted by Gasteiger charge is 2.16. The largest absolute Gasteiger partial charge is 0.493 e. The number of carbonyl (C=O) groups excluding carboxylic acids is 1. The molecular formula is C25H29N3O4. The molecule has 2 aromatic heterocycles. The fraction of sp³-hybridized carbons (Fsp3) is 0.320. The van der Waals surface area contributed by atoms with Gasteiger partial charge in [-0.25, -0.2) is 0 Å². The van der Waals surface area contributed by atoms with Crippen molar-refractivity contribution >= 4 is 5.91 Å². The molecule has 0 saturated carbocycles. The lowest BCUT2D eigenvalue weighted by atomic mass is 10.1. The maximum Gasteiger partial charge on any atom is 0.263 e. The standard InChI is InChI=1S/C25H29N3O4/c1-16-8-10-28(11-9-19-6-7-21(31-4)22(14-19)32-5)25(30)23(16)24(29)26-15-20-12-17(2)27-18(3)13-20/h6-8,10,12-14H,9,11,15H2,1-5H3,(H,26,29). The molecule has 0 radical (unpaired) electrons.